The molecule has 2 aliphatic carbocycles. The molecular weight excluding hydrogens is 426 g/mol. The highest BCUT2D eigenvalue weighted by atomic mass is 15.2. The molecule has 164 valence electrons. The molecule has 0 amide bonds. The number of benzene rings is 3. The fraction of sp³-hybridized carbons (Fsp3) is 0.125. The number of anilines is 3. The molecule has 35 heavy (non-hydrogen) atoms. The molecule has 4 heterocycles. The number of hydrogen-bond acceptors (Lipinski definition) is 3. The minimum atomic E-state index is 0.845. The number of rotatable bonds is 0. The summed E-state index contributed by atoms with van der Waals surface area (Å²) in [5, 5.41) is 0. The van der Waals surface area contributed by atoms with Crippen molar-refractivity contribution >= 4 is 17.2 Å². The van der Waals surface area contributed by atoms with E-state index in [1.165, 1.54) is 72.6 Å². The van der Waals surface area contributed by atoms with Crippen molar-refractivity contribution in [3.8, 4) is 22.3 Å². The van der Waals surface area contributed by atoms with Gasteiger partial charge in [0.15, 0.2) is 0 Å². The lowest BCUT2D eigenvalue weighted by molar-refractivity contribution is 0.939. The molecule has 2 aromatic heterocycles. The Morgan fingerprint density at radius 3 is 2.46 bits per heavy atom. The predicted octanol–water partition coefficient (Wildman–Crippen LogP) is 6.90. The number of hydrogen-bond donors (Lipinski definition) is 0. The van der Waals surface area contributed by atoms with Gasteiger partial charge in [0.1, 0.15) is 5.82 Å². The van der Waals surface area contributed by atoms with Crippen LogP contribution in [0.3, 0.4) is 0 Å². The molecule has 0 saturated carbocycles. The summed E-state index contributed by atoms with van der Waals surface area (Å²) >= 11 is 0. The molecule has 5 aromatic rings. The van der Waals surface area contributed by atoms with E-state index >= 15 is 0 Å². The quantitative estimate of drug-likeness (QED) is 0.253. The van der Waals surface area contributed by atoms with Crippen molar-refractivity contribution in [1.29, 1.82) is 0 Å². The smallest absolute Gasteiger partial charge is 0.141 e. The molecule has 0 saturated heterocycles. The first-order chi connectivity index (χ1) is 17.3. The van der Waals surface area contributed by atoms with Gasteiger partial charge in [-0.2, -0.15) is 0 Å². The molecule has 9 rings (SSSR count). The van der Waals surface area contributed by atoms with Gasteiger partial charge < -0.3 is 0 Å². The van der Waals surface area contributed by atoms with Crippen LogP contribution in [0.15, 0.2) is 79.1 Å². The van der Waals surface area contributed by atoms with Crippen molar-refractivity contribution in [3.05, 3.63) is 124 Å². The summed E-state index contributed by atoms with van der Waals surface area (Å²) in [5.41, 5.74) is 19.2. The maximum Gasteiger partial charge on any atom is 0.141 e. The fourth-order valence-corrected chi connectivity index (χ4v) is 6.94. The van der Waals surface area contributed by atoms with Gasteiger partial charge in [0, 0.05) is 30.8 Å². The van der Waals surface area contributed by atoms with Crippen LogP contribution in [0.25, 0.3) is 22.3 Å². The summed E-state index contributed by atoms with van der Waals surface area (Å²) < 4.78 is 0. The van der Waals surface area contributed by atoms with Gasteiger partial charge in [0.25, 0.3) is 0 Å². The van der Waals surface area contributed by atoms with Gasteiger partial charge in [0.05, 0.1) is 17.1 Å². The first-order valence-electron chi connectivity index (χ1n) is 12.4. The first-order valence-corrected chi connectivity index (χ1v) is 12.4. The number of fused-ring (bicyclic) bond motifs is 11. The van der Waals surface area contributed by atoms with Crippen molar-refractivity contribution in [3.63, 3.8) is 0 Å². The van der Waals surface area contributed by atoms with Crippen LogP contribution >= 0.6 is 0 Å². The standard InChI is InChI=1S/C32H21N3/c1-2-6-24-18(4-1)12-22-14-23-13-19-7-8-29-27(30(19)26(23)17-25(22)24)15-20-9-11-33-28-16-21-5-3-10-34-32(21)35(29)31(20)28/h1-11,14,17H,12-13,15-16H2. The van der Waals surface area contributed by atoms with Gasteiger partial charge in [-0.1, -0.05) is 42.5 Å². The lowest BCUT2D eigenvalue weighted by Gasteiger charge is -2.38. The Balaban J connectivity index is 1.30. The van der Waals surface area contributed by atoms with Gasteiger partial charge in [-0.25, -0.2) is 4.98 Å². The Hall–Kier alpha value is -4.24. The van der Waals surface area contributed by atoms with Crippen LogP contribution in [0.5, 0.6) is 0 Å². The third-order valence-corrected chi connectivity index (χ3v) is 8.39. The van der Waals surface area contributed by atoms with E-state index in [0.29, 0.717) is 0 Å². The second-order valence-electron chi connectivity index (χ2n) is 10.2. The molecule has 0 unspecified atom stereocenters. The first kappa shape index (κ1) is 18.1. The zero-order valence-corrected chi connectivity index (χ0v) is 19.2. The van der Waals surface area contributed by atoms with E-state index in [1.807, 2.05) is 18.5 Å². The van der Waals surface area contributed by atoms with E-state index in [-0.39, 0.29) is 0 Å². The highest BCUT2D eigenvalue weighted by molar-refractivity contribution is 5.95. The van der Waals surface area contributed by atoms with Crippen LogP contribution in [0, 0.1) is 0 Å². The topological polar surface area (TPSA) is 29.0 Å². The average Bonchev–Trinajstić information content (AvgIpc) is 3.44. The summed E-state index contributed by atoms with van der Waals surface area (Å²) in [4.78, 5) is 12.0. The van der Waals surface area contributed by atoms with E-state index in [4.69, 9.17) is 9.97 Å². The largest absolute Gasteiger partial charge is 0.292 e. The van der Waals surface area contributed by atoms with Crippen LogP contribution in [0.1, 0.15) is 44.6 Å². The molecule has 0 N–H and O–H groups in total. The van der Waals surface area contributed by atoms with Crippen LogP contribution in [-0.2, 0) is 25.7 Å². The molecular formula is C32H21N3. The van der Waals surface area contributed by atoms with Crippen molar-refractivity contribution in [2.24, 2.45) is 0 Å². The second kappa shape index (κ2) is 6.25. The zero-order valence-electron chi connectivity index (χ0n) is 19.2. The van der Waals surface area contributed by atoms with Gasteiger partial charge in [-0.15, -0.1) is 0 Å². The van der Waals surface area contributed by atoms with Gasteiger partial charge in [-0.3, -0.25) is 9.88 Å². The van der Waals surface area contributed by atoms with Crippen LogP contribution < -0.4 is 4.90 Å². The number of nitrogens with zero attached hydrogens (tertiary/aromatic N) is 3. The number of aromatic nitrogens is 2. The molecule has 0 fully saturated rings. The predicted molar refractivity (Wildman–Crippen MR) is 139 cm³/mol. The molecule has 3 aromatic carbocycles. The van der Waals surface area contributed by atoms with E-state index in [2.05, 4.69) is 65.6 Å². The molecule has 0 radical (unpaired) electrons. The molecule has 0 atom stereocenters. The Kier molecular flexibility index (Phi) is 3.24. The van der Waals surface area contributed by atoms with E-state index in [0.717, 1.165) is 37.2 Å². The monoisotopic (exact) mass is 447 g/mol. The fourth-order valence-electron chi connectivity index (χ4n) is 6.94. The average molecular weight is 448 g/mol. The highest BCUT2D eigenvalue weighted by Gasteiger charge is 2.36. The van der Waals surface area contributed by atoms with E-state index in [9.17, 15) is 0 Å². The molecule has 0 spiro atoms. The Morgan fingerprint density at radius 2 is 1.46 bits per heavy atom. The van der Waals surface area contributed by atoms with Crippen molar-refractivity contribution in [2.75, 3.05) is 4.90 Å². The summed E-state index contributed by atoms with van der Waals surface area (Å²) in [7, 11) is 0. The Morgan fingerprint density at radius 1 is 0.571 bits per heavy atom. The Labute approximate surface area is 203 Å². The summed E-state index contributed by atoms with van der Waals surface area (Å²) in [5.74, 6) is 1.05. The summed E-state index contributed by atoms with van der Waals surface area (Å²) in [6.07, 6.45) is 7.75. The summed E-state index contributed by atoms with van der Waals surface area (Å²) in [6.45, 7) is 0. The maximum absolute atomic E-state index is 4.85. The minimum absolute atomic E-state index is 0.845. The molecule has 3 heteroatoms. The SMILES string of the molecule is c1ccc2c(c1)Cc1cc3c(cc1-2)-c1c(ccc2c1Cc1ccnc4c1N2c1ncccc1C4)C3. The van der Waals surface area contributed by atoms with Crippen molar-refractivity contribution < 1.29 is 0 Å². The third-order valence-electron chi connectivity index (χ3n) is 8.39. The van der Waals surface area contributed by atoms with E-state index < -0.39 is 0 Å². The number of pyridine rings is 2. The normalized spacial score (nSPS) is 14.9. The van der Waals surface area contributed by atoms with Crippen LogP contribution in [0.4, 0.5) is 17.2 Å². The summed E-state index contributed by atoms with van der Waals surface area (Å²) in [6, 6.07) is 25.0. The lowest BCUT2D eigenvalue weighted by atomic mass is 9.86. The van der Waals surface area contributed by atoms with Crippen molar-refractivity contribution in [1.82, 2.24) is 9.97 Å². The Bertz CT molecular complexity index is 1760. The second-order valence-corrected chi connectivity index (χ2v) is 10.2. The van der Waals surface area contributed by atoms with Crippen LogP contribution in [0.2, 0.25) is 0 Å². The molecule has 4 aliphatic rings. The van der Waals surface area contributed by atoms with E-state index in [1.54, 1.807) is 0 Å². The molecule has 0 bridgehead atoms. The molecule has 2 aliphatic heterocycles. The van der Waals surface area contributed by atoms with Gasteiger partial charge in [-0.05, 0) is 92.7 Å². The van der Waals surface area contributed by atoms with Crippen LogP contribution in [-0.4, -0.2) is 9.97 Å². The van der Waals surface area contributed by atoms with Crippen molar-refractivity contribution in [2.45, 2.75) is 25.7 Å². The highest BCUT2D eigenvalue weighted by Crippen LogP contribution is 2.54. The molecule has 3 nitrogen and oxygen atoms in total. The zero-order chi connectivity index (χ0) is 22.7. The maximum atomic E-state index is 4.85. The lowest BCUT2D eigenvalue weighted by Crippen LogP contribution is -2.26. The van der Waals surface area contributed by atoms with Gasteiger partial charge >= 0.3 is 0 Å². The minimum Gasteiger partial charge on any atom is -0.292 e. The third kappa shape index (κ3) is 2.26. The van der Waals surface area contributed by atoms with Gasteiger partial charge in [0.2, 0.25) is 0 Å².